The Balaban J connectivity index is 2.53. The number of allylic oxidation sites excluding steroid dienone is 4. The van der Waals surface area contributed by atoms with E-state index in [1.807, 2.05) is 49.5 Å². The summed E-state index contributed by atoms with van der Waals surface area (Å²) in [6.45, 7) is 4.88. The third-order valence-corrected chi connectivity index (χ3v) is 4.59. The molecule has 0 aliphatic carbocycles. The highest BCUT2D eigenvalue weighted by Crippen LogP contribution is 2.27. The quantitative estimate of drug-likeness (QED) is 0.421. The molecule has 2 aromatic rings. The summed E-state index contributed by atoms with van der Waals surface area (Å²) in [5, 5.41) is 12.0. The minimum Gasteiger partial charge on any atom is -0.383 e. The van der Waals surface area contributed by atoms with E-state index in [1.54, 1.807) is 32.3 Å². The van der Waals surface area contributed by atoms with E-state index in [0.717, 1.165) is 11.1 Å². The average molecular weight is 460 g/mol. The lowest BCUT2D eigenvalue weighted by Crippen LogP contribution is -2.35. The standard InChI is InChI=1S/C24H28F3N5O/c1-6-16(12-28-3)20-13-29-22(31-23(20)30-14-21(33)24(25,26)27)19-10-8-9-18(11-19)17(7-2)15-32(4)5/h6-13,15,21,33H,2,14H2,1,3-5H3,(H,29,30,31)/b16-6+,17-15+,28-12?. The summed E-state index contributed by atoms with van der Waals surface area (Å²) in [5.41, 5.74) is 3.55. The largest absolute Gasteiger partial charge is 0.416 e. The first-order valence-corrected chi connectivity index (χ1v) is 10.2. The fourth-order valence-corrected chi connectivity index (χ4v) is 2.98. The number of aliphatic hydroxyl groups excluding tert-OH is 1. The molecule has 2 N–H and O–H groups in total. The highest BCUT2D eigenvalue weighted by Gasteiger charge is 2.38. The molecule has 0 saturated heterocycles. The van der Waals surface area contributed by atoms with Crippen molar-refractivity contribution in [1.29, 1.82) is 0 Å². The first-order valence-electron chi connectivity index (χ1n) is 10.2. The summed E-state index contributed by atoms with van der Waals surface area (Å²) in [6, 6.07) is 7.46. The molecule has 1 unspecified atom stereocenters. The Morgan fingerprint density at radius 1 is 1.30 bits per heavy atom. The van der Waals surface area contributed by atoms with Crippen LogP contribution in [0.4, 0.5) is 19.0 Å². The number of benzene rings is 1. The lowest BCUT2D eigenvalue weighted by atomic mass is 10.0. The number of aliphatic imine (C=N–C) groups is 1. The molecule has 0 amide bonds. The Labute approximate surface area is 191 Å². The van der Waals surface area contributed by atoms with E-state index < -0.39 is 18.8 Å². The third kappa shape index (κ3) is 7.01. The number of hydrogen-bond donors (Lipinski definition) is 2. The molecule has 1 heterocycles. The van der Waals surface area contributed by atoms with Gasteiger partial charge in [0.1, 0.15) is 5.82 Å². The summed E-state index contributed by atoms with van der Waals surface area (Å²) in [4.78, 5) is 14.8. The van der Waals surface area contributed by atoms with Crippen LogP contribution in [0.5, 0.6) is 0 Å². The fraction of sp³-hybridized carbons (Fsp3) is 0.292. The minimum atomic E-state index is -4.74. The second kappa shape index (κ2) is 11.4. The Kier molecular flexibility index (Phi) is 8.93. The van der Waals surface area contributed by atoms with E-state index in [9.17, 15) is 18.3 Å². The van der Waals surface area contributed by atoms with Gasteiger partial charge < -0.3 is 15.3 Å². The van der Waals surface area contributed by atoms with Crippen LogP contribution in [0, 0.1) is 0 Å². The smallest absolute Gasteiger partial charge is 0.383 e. The van der Waals surface area contributed by atoms with Crippen LogP contribution in [-0.2, 0) is 0 Å². The fourth-order valence-electron chi connectivity index (χ4n) is 2.98. The maximum atomic E-state index is 12.8. The van der Waals surface area contributed by atoms with Crippen molar-refractivity contribution in [1.82, 2.24) is 14.9 Å². The number of halogens is 3. The number of nitrogens with zero attached hydrogens (tertiary/aromatic N) is 4. The van der Waals surface area contributed by atoms with Gasteiger partial charge in [-0.1, -0.05) is 36.9 Å². The molecular weight excluding hydrogens is 431 g/mol. The van der Waals surface area contributed by atoms with Crippen LogP contribution >= 0.6 is 0 Å². The van der Waals surface area contributed by atoms with E-state index in [-0.39, 0.29) is 5.82 Å². The zero-order valence-corrected chi connectivity index (χ0v) is 19.1. The molecule has 6 nitrogen and oxygen atoms in total. The molecule has 33 heavy (non-hydrogen) atoms. The Morgan fingerprint density at radius 3 is 2.61 bits per heavy atom. The molecule has 0 aliphatic rings. The van der Waals surface area contributed by atoms with Gasteiger partial charge in [0.25, 0.3) is 0 Å². The molecule has 0 spiro atoms. The van der Waals surface area contributed by atoms with Crippen molar-refractivity contribution in [2.75, 3.05) is 33.0 Å². The van der Waals surface area contributed by atoms with Crippen molar-refractivity contribution in [2.45, 2.75) is 19.2 Å². The molecule has 0 aliphatic heterocycles. The molecule has 1 aromatic heterocycles. The maximum absolute atomic E-state index is 12.8. The predicted octanol–water partition coefficient (Wildman–Crippen LogP) is 4.67. The Morgan fingerprint density at radius 2 is 2.03 bits per heavy atom. The number of nitrogens with one attached hydrogen (secondary N) is 1. The van der Waals surface area contributed by atoms with E-state index in [0.29, 0.717) is 22.5 Å². The molecule has 176 valence electrons. The number of aromatic nitrogens is 2. The first kappa shape index (κ1) is 25.8. The van der Waals surface area contributed by atoms with Crippen LogP contribution in [0.15, 0.2) is 60.4 Å². The highest BCUT2D eigenvalue weighted by atomic mass is 19.4. The molecule has 2 rings (SSSR count). The summed E-state index contributed by atoms with van der Waals surface area (Å²) >= 11 is 0. The molecule has 1 aromatic carbocycles. The molecule has 0 bridgehead atoms. The lowest BCUT2D eigenvalue weighted by Gasteiger charge is -2.18. The number of rotatable bonds is 9. The van der Waals surface area contributed by atoms with Crippen molar-refractivity contribution >= 4 is 23.2 Å². The van der Waals surface area contributed by atoms with Gasteiger partial charge in [0, 0.05) is 56.5 Å². The van der Waals surface area contributed by atoms with Crippen LogP contribution in [0.25, 0.3) is 22.5 Å². The zero-order valence-electron chi connectivity index (χ0n) is 19.1. The highest BCUT2D eigenvalue weighted by molar-refractivity contribution is 6.11. The number of hydrogen-bond acceptors (Lipinski definition) is 6. The second-order valence-corrected chi connectivity index (χ2v) is 7.36. The van der Waals surface area contributed by atoms with Crippen LogP contribution in [-0.4, -0.2) is 66.2 Å². The van der Waals surface area contributed by atoms with Gasteiger partial charge >= 0.3 is 6.18 Å². The van der Waals surface area contributed by atoms with E-state index >= 15 is 0 Å². The maximum Gasteiger partial charge on any atom is 0.416 e. The van der Waals surface area contributed by atoms with Gasteiger partial charge in [-0.05, 0) is 24.1 Å². The van der Waals surface area contributed by atoms with Crippen LogP contribution in [0.3, 0.4) is 0 Å². The number of aliphatic hydroxyl groups is 1. The summed E-state index contributed by atoms with van der Waals surface area (Å²) < 4.78 is 38.4. The summed E-state index contributed by atoms with van der Waals surface area (Å²) in [6.07, 6.45) is 1.21. The van der Waals surface area contributed by atoms with Crippen molar-refractivity contribution in [3.8, 4) is 11.4 Å². The minimum absolute atomic E-state index is 0.162. The Hall–Kier alpha value is -3.46. The summed E-state index contributed by atoms with van der Waals surface area (Å²) in [5.74, 6) is 0.483. The number of alkyl halides is 3. The topological polar surface area (TPSA) is 73.6 Å². The third-order valence-electron chi connectivity index (χ3n) is 4.59. The lowest BCUT2D eigenvalue weighted by molar-refractivity contribution is -0.198. The summed E-state index contributed by atoms with van der Waals surface area (Å²) in [7, 11) is 5.39. The van der Waals surface area contributed by atoms with Crippen LogP contribution < -0.4 is 5.32 Å². The molecule has 0 saturated carbocycles. The molecule has 0 radical (unpaired) electrons. The van der Waals surface area contributed by atoms with Gasteiger partial charge in [-0.15, -0.1) is 0 Å². The van der Waals surface area contributed by atoms with Crippen molar-refractivity contribution < 1.29 is 18.3 Å². The molecular formula is C24H28F3N5O. The monoisotopic (exact) mass is 459 g/mol. The number of anilines is 1. The van der Waals surface area contributed by atoms with Gasteiger partial charge in [0.2, 0.25) is 0 Å². The van der Waals surface area contributed by atoms with Gasteiger partial charge in [0.15, 0.2) is 11.9 Å². The van der Waals surface area contributed by atoms with Gasteiger partial charge in [0.05, 0.1) is 6.54 Å². The second-order valence-electron chi connectivity index (χ2n) is 7.36. The van der Waals surface area contributed by atoms with E-state index in [1.165, 1.54) is 6.20 Å². The van der Waals surface area contributed by atoms with Gasteiger partial charge in [-0.2, -0.15) is 13.2 Å². The Bertz CT molecular complexity index is 1060. The van der Waals surface area contributed by atoms with Gasteiger partial charge in [-0.3, -0.25) is 4.99 Å². The van der Waals surface area contributed by atoms with Crippen molar-refractivity contribution in [3.63, 3.8) is 0 Å². The average Bonchev–Trinajstić information content (AvgIpc) is 2.78. The van der Waals surface area contributed by atoms with Gasteiger partial charge in [-0.25, -0.2) is 9.97 Å². The SMILES string of the molecule is C=C/C(=C\N(C)C)c1cccc(-c2ncc(/C(C=NC)=C/C)c(NCC(O)C(F)(F)F)n2)c1. The first-order chi connectivity index (χ1) is 15.6. The zero-order chi connectivity index (χ0) is 24.6. The van der Waals surface area contributed by atoms with E-state index in [2.05, 4.69) is 26.9 Å². The normalized spacial score (nSPS) is 13.8. The molecule has 1 atom stereocenters. The van der Waals surface area contributed by atoms with E-state index in [4.69, 9.17) is 0 Å². The van der Waals surface area contributed by atoms with Crippen molar-refractivity contribution in [3.05, 3.63) is 66.5 Å². The molecule has 0 fully saturated rings. The molecule has 9 heteroatoms. The predicted molar refractivity (Wildman–Crippen MR) is 128 cm³/mol. The van der Waals surface area contributed by atoms with Crippen LogP contribution in [0.2, 0.25) is 0 Å². The van der Waals surface area contributed by atoms with Crippen molar-refractivity contribution in [2.24, 2.45) is 4.99 Å². The van der Waals surface area contributed by atoms with Crippen LogP contribution in [0.1, 0.15) is 18.1 Å².